The molecule has 3 rings (SSSR count). The van der Waals surface area contributed by atoms with E-state index in [1.54, 1.807) is 0 Å². The Hall–Kier alpha value is -0.143. The molecule has 3 aliphatic heterocycles. The summed E-state index contributed by atoms with van der Waals surface area (Å²) in [5.41, 5.74) is 0.138. The first-order valence-corrected chi connectivity index (χ1v) is 6.99. The van der Waals surface area contributed by atoms with E-state index < -0.39 is 8.80 Å². The van der Waals surface area contributed by atoms with Crippen LogP contribution in [0.4, 0.5) is 0 Å². The maximum Gasteiger partial charge on any atom is 0.583 e. The smallest absolute Gasteiger partial charge is 0.472 e. The Labute approximate surface area is 88.2 Å². The van der Waals surface area contributed by atoms with Gasteiger partial charge in [-0.15, -0.1) is 11.6 Å². The molecule has 3 aliphatic rings. The minimum Gasteiger partial charge on any atom is -0.472 e. The molecule has 3 saturated heterocycles. The molecule has 7 heteroatoms. The minimum atomic E-state index is -2.88. The van der Waals surface area contributed by atoms with Crippen LogP contribution in [0.25, 0.3) is 0 Å². The Balaban J connectivity index is 2.17. The number of rotatable bonds is 1. The highest BCUT2D eigenvalue weighted by Gasteiger charge is 2.47. The molecule has 0 amide bonds. The second-order valence-corrected chi connectivity index (χ2v) is 6.48. The highest BCUT2D eigenvalue weighted by Crippen LogP contribution is 2.17. The van der Waals surface area contributed by atoms with Gasteiger partial charge in [0.25, 0.3) is 0 Å². The number of fused-ring (bicyclic) bond motifs is 6. The Bertz CT molecular complexity index is 230. The van der Waals surface area contributed by atoms with Gasteiger partial charge in [0.15, 0.2) is 0 Å². The molecule has 0 aromatic rings. The summed E-state index contributed by atoms with van der Waals surface area (Å²) in [4.78, 5) is 13.3. The normalized spacial score (nSPS) is 38.4. The quantitative estimate of drug-likeness (QED) is 0.459. The molecular formula is C7H12ClNO4Si. The maximum atomic E-state index is 11.4. The molecule has 0 aromatic heterocycles. The zero-order valence-electron chi connectivity index (χ0n) is 7.70. The van der Waals surface area contributed by atoms with Crippen molar-refractivity contribution in [1.29, 1.82) is 0 Å². The van der Waals surface area contributed by atoms with Crippen LogP contribution >= 0.6 is 11.6 Å². The average molecular weight is 238 g/mol. The van der Waals surface area contributed by atoms with Gasteiger partial charge in [-0.25, -0.2) is 0 Å². The van der Waals surface area contributed by atoms with Gasteiger partial charge in [-0.2, -0.15) is 0 Å². The molecule has 0 radical (unpaired) electrons. The molecule has 0 atom stereocenters. The molecule has 3 heterocycles. The fourth-order valence-corrected chi connectivity index (χ4v) is 3.78. The first-order chi connectivity index (χ1) is 6.74. The topological polar surface area (TPSA) is 48.0 Å². The number of hydrogen-bond acceptors (Lipinski definition) is 5. The number of alkyl halides is 1. The molecular weight excluding hydrogens is 226 g/mol. The Kier molecular flexibility index (Phi) is 3.08. The predicted molar refractivity (Wildman–Crippen MR) is 50.9 cm³/mol. The van der Waals surface area contributed by atoms with Gasteiger partial charge in [0.05, 0.1) is 19.8 Å². The predicted octanol–water partition coefficient (Wildman–Crippen LogP) is -0.391. The molecule has 0 N–H and O–H groups in total. The van der Waals surface area contributed by atoms with Crippen LogP contribution in [0.2, 0.25) is 0 Å². The van der Waals surface area contributed by atoms with E-state index in [1.165, 1.54) is 0 Å². The van der Waals surface area contributed by atoms with Gasteiger partial charge in [0.2, 0.25) is 0 Å². The van der Waals surface area contributed by atoms with Crippen molar-refractivity contribution in [3.05, 3.63) is 0 Å². The molecule has 0 unspecified atom stereocenters. The van der Waals surface area contributed by atoms with Crippen LogP contribution in [-0.4, -0.2) is 58.0 Å². The van der Waals surface area contributed by atoms with E-state index in [1.807, 2.05) is 4.90 Å². The summed E-state index contributed by atoms with van der Waals surface area (Å²) in [6.07, 6.45) is 0. The van der Waals surface area contributed by atoms with Crippen molar-refractivity contribution in [2.75, 3.05) is 38.4 Å². The molecule has 3 fully saturated rings. The molecule has 0 aromatic carbocycles. The lowest BCUT2D eigenvalue weighted by Crippen LogP contribution is -2.58. The highest BCUT2D eigenvalue weighted by atomic mass is 35.5. The van der Waals surface area contributed by atoms with Gasteiger partial charge < -0.3 is 13.3 Å². The van der Waals surface area contributed by atoms with Crippen molar-refractivity contribution in [3.8, 4) is 0 Å². The van der Waals surface area contributed by atoms with E-state index in [9.17, 15) is 4.79 Å². The average Bonchev–Trinajstić information content (AvgIpc) is 2.08. The SMILES string of the molecule is O=C1CN2CCO[Si](CCl)(OCC2)O1. The Morgan fingerprint density at radius 1 is 1.36 bits per heavy atom. The van der Waals surface area contributed by atoms with Crippen LogP contribution in [0.5, 0.6) is 0 Å². The van der Waals surface area contributed by atoms with E-state index in [0.717, 1.165) is 13.1 Å². The van der Waals surface area contributed by atoms with E-state index in [0.29, 0.717) is 19.8 Å². The fraction of sp³-hybridized carbons (Fsp3) is 0.857. The van der Waals surface area contributed by atoms with Gasteiger partial charge >= 0.3 is 14.8 Å². The first kappa shape index (κ1) is 10.4. The summed E-state index contributed by atoms with van der Waals surface area (Å²) >= 11 is 5.75. The van der Waals surface area contributed by atoms with Gasteiger partial charge in [-0.1, -0.05) is 0 Å². The third-order valence-corrected chi connectivity index (χ3v) is 5.38. The molecule has 0 spiro atoms. The van der Waals surface area contributed by atoms with E-state index in [2.05, 4.69) is 0 Å². The lowest BCUT2D eigenvalue weighted by molar-refractivity contribution is -0.144. The van der Waals surface area contributed by atoms with Gasteiger partial charge in [0, 0.05) is 13.1 Å². The molecule has 5 nitrogen and oxygen atoms in total. The zero-order valence-corrected chi connectivity index (χ0v) is 9.46. The first-order valence-electron chi connectivity index (χ1n) is 4.52. The van der Waals surface area contributed by atoms with Crippen molar-refractivity contribution >= 4 is 26.4 Å². The maximum absolute atomic E-state index is 11.4. The van der Waals surface area contributed by atoms with E-state index in [-0.39, 0.29) is 11.5 Å². The third kappa shape index (κ3) is 2.09. The zero-order chi connectivity index (χ0) is 10.0. The molecule has 14 heavy (non-hydrogen) atoms. The van der Waals surface area contributed by atoms with Crippen molar-refractivity contribution in [1.82, 2.24) is 4.90 Å². The van der Waals surface area contributed by atoms with Crippen molar-refractivity contribution < 1.29 is 18.1 Å². The third-order valence-electron chi connectivity index (χ3n) is 2.24. The molecule has 2 bridgehead atoms. The summed E-state index contributed by atoms with van der Waals surface area (Å²) in [6, 6.07) is 0. The number of hydrogen-bond donors (Lipinski definition) is 0. The van der Waals surface area contributed by atoms with Gasteiger partial charge in [-0.05, 0) is 0 Å². The minimum absolute atomic E-state index is 0.138. The monoisotopic (exact) mass is 237 g/mol. The van der Waals surface area contributed by atoms with Crippen molar-refractivity contribution in [2.45, 2.75) is 0 Å². The van der Waals surface area contributed by atoms with Crippen LogP contribution < -0.4 is 0 Å². The van der Waals surface area contributed by atoms with Crippen molar-refractivity contribution in [2.24, 2.45) is 0 Å². The van der Waals surface area contributed by atoms with Crippen LogP contribution in [0, 0.1) is 0 Å². The van der Waals surface area contributed by atoms with Crippen LogP contribution in [0.1, 0.15) is 0 Å². The van der Waals surface area contributed by atoms with Crippen LogP contribution in [0.3, 0.4) is 0 Å². The lowest BCUT2D eigenvalue weighted by Gasteiger charge is -2.36. The number of carbonyl (C=O) groups is 1. The number of nitrogens with zero attached hydrogens (tertiary/aromatic N) is 1. The molecule has 0 aliphatic carbocycles. The van der Waals surface area contributed by atoms with Crippen molar-refractivity contribution in [3.63, 3.8) is 0 Å². The summed E-state index contributed by atoms with van der Waals surface area (Å²) < 4.78 is 16.1. The van der Waals surface area contributed by atoms with Crippen LogP contribution in [-0.2, 0) is 18.1 Å². The standard InChI is InChI=1S/C7H12ClNO4Si/c8-6-14-11-3-1-9(2-4-12-14)5-7(10)13-14/h1-6H2. The largest absolute Gasteiger partial charge is 0.583 e. The summed E-state index contributed by atoms with van der Waals surface area (Å²) in [7, 11) is -2.88. The fourth-order valence-electron chi connectivity index (χ4n) is 1.52. The second-order valence-electron chi connectivity index (χ2n) is 3.26. The van der Waals surface area contributed by atoms with Gasteiger partial charge in [0.1, 0.15) is 5.50 Å². The Morgan fingerprint density at radius 3 is 2.57 bits per heavy atom. The van der Waals surface area contributed by atoms with Crippen LogP contribution in [0.15, 0.2) is 0 Å². The Morgan fingerprint density at radius 2 is 2.00 bits per heavy atom. The molecule has 0 saturated carbocycles. The van der Waals surface area contributed by atoms with E-state index >= 15 is 0 Å². The number of halogens is 1. The van der Waals surface area contributed by atoms with E-state index in [4.69, 9.17) is 24.9 Å². The molecule has 80 valence electrons. The second kappa shape index (κ2) is 4.16. The summed E-state index contributed by atoms with van der Waals surface area (Å²) in [6.45, 7) is 2.84. The number of carbonyl (C=O) groups excluding carboxylic acids is 1. The highest BCUT2D eigenvalue weighted by molar-refractivity contribution is 6.70. The summed E-state index contributed by atoms with van der Waals surface area (Å²) in [5, 5.41) is 0. The summed E-state index contributed by atoms with van der Waals surface area (Å²) in [5.74, 6) is -0.295. The lowest BCUT2D eigenvalue weighted by atomic mass is 10.4. The van der Waals surface area contributed by atoms with Gasteiger partial charge in [-0.3, -0.25) is 9.69 Å².